The van der Waals surface area contributed by atoms with Crippen molar-refractivity contribution in [2.45, 2.75) is 0 Å². The van der Waals surface area contributed by atoms with Gasteiger partial charge in [0.05, 0.1) is 11.1 Å². The molecule has 5 aromatic rings. The Hall–Kier alpha value is -4.78. The van der Waals surface area contributed by atoms with Crippen molar-refractivity contribution in [3.05, 3.63) is 120 Å². The summed E-state index contributed by atoms with van der Waals surface area (Å²) in [6.45, 7) is 0. The maximum Gasteiger partial charge on any atom is 0.258 e. The van der Waals surface area contributed by atoms with Crippen molar-refractivity contribution in [1.82, 2.24) is 4.98 Å². The third-order valence-electron chi connectivity index (χ3n) is 5.38. The summed E-state index contributed by atoms with van der Waals surface area (Å²) in [7, 11) is 0. The fourth-order valence-electron chi connectivity index (χ4n) is 3.72. The summed E-state index contributed by atoms with van der Waals surface area (Å²) in [4.78, 5) is 17.1. The van der Waals surface area contributed by atoms with E-state index in [0.29, 0.717) is 28.0 Å². The van der Waals surface area contributed by atoms with Crippen LogP contribution in [0.4, 0.5) is 37.2 Å². The van der Waals surface area contributed by atoms with Gasteiger partial charge in [0.15, 0.2) is 0 Å². The average Bonchev–Trinajstić information content (AvgIpc) is 2.86. The zero-order chi connectivity index (χ0) is 24.2. The van der Waals surface area contributed by atoms with Crippen LogP contribution in [0.3, 0.4) is 0 Å². The molecule has 1 aromatic heterocycles. The van der Waals surface area contributed by atoms with E-state index in [2.05, 4.69) is 20.9 Å². The van der Waals surface area contributed by atoms with E-state index in [-0.39, 0.29) is 5.56 Å². The predicted octanol–water partition coefficient (Wildman–Crippen LogP) is 7.25. The van der Waals surface area contributed by atoms with Crippen LogP contribution in [0, 0.1) is 11.6 Å². The molecule has 1 amide bonds. The van der Waals surface area contributed by atoms with Crippen LogP contribution in [0.5, 0.6) is 0 Å². The number of para-hydroxylation sites is 1. The number of carbonyl (C=O) groups excluding carboxylic acids is 1. The van der Waals surface area contributed by atoms with Gasteiger partial charge in [-0.2, -0.15) is 0 Å². The van der Waals surface area contributed by atoms with Gasteiger partial charge in [-0.3, -0.25) is 9.78 Å². The highest BCUT2D eigenvalue weighted by Crippen LogP contribution is 2.27. The molecule has 0 atom stereocenters. The van der Waals surface area contributed by atoms with Crippen LogP contribution < -0.4 is 16.0 Å². The lowest BCUT2D eigenvalue weighted by molar-refractivity contribution is 0.102. The molecule has 7 heteroatoms. The maximum atomic E-state index is 14.6. The number of rotatable bonds is 6. The molecule has 0 spiro atoms. The number of nitrogens with zero attached hydrogens (tertiary/aromatic N) is 1. The van der Waals surface area contributed by atoms with Gasteiger partial charge in [0, 0.05) is 40.0 Å². The molecule has 0 aliphatic heterocycles. The number of fused-ring (bicyclic) bond motifs is 1. The van der Waals surface area contributed by atoms with Crippen LogP contribution in [0.15, 0.2) is 103 Å². The molecule has 4 aromatic carbocycles. The lowest BCUT2D eigenvalue weighted by Crippen LogP contribution is -2.14. The quantitative estimate of drug-likeness (QED) is 0.247. The Kier molecular flexibility index (Phi) is 6.05. The van der Waals surface area contributed by atoms with Gasteiger partial charge in [0.2, 0.25) is 0 Å². The highest BCUT2D eigenvalue weighted by atomic mass is 19.1. The van der Waals surface area contributed by atoms with Gasteiger partial charge < -0.3 is 16.0 Å². The standard InChI is InChI=1S/C28H20F2N4O/c29-18-9-12-26-24(15-18)27(13-14-31-26)33-22-10-11-25(30)23(17-22)28(35)34-21-8-4-7-20(16-21)32-19-5-2-1-3-6-19/h1-17,32H,(H,31,33)(H,34,35). The summed E-state index contributed by atoms with van der Waals surface area (Å²) in [6.07, 6.45) is 1.59. The van der Waals surface area contributed by atoms with Crippen LogP contribution in [0.25, 0.3) is 10.9 Å². The number of benzene rings is 4. The molecule has 172 valence electrons. The number of anilines is 5. The van der Waals surface area contributed by atoms with E-state index in [1.165, 1.54) is 30.3 Å². The predicted molar refractivity (Wildman–Crippen MR) is 136 cm³/mol. The third-order valence-corrected chi connectivity index (χ3v) is 5.38. The number of nitrogens with one attached hydrogen (secondary N) is 3. The molecule has 0 aliphatic rings. The van der Waals surface area contributed by atoms with E-state index in [1.807, 2.05) is 36.4 Å². The average molecular weight is 466 g/mol. The number of hydrogen-bond donors (Lipinski definition) is 3. The minimum atomic E-state index is -0.655. The van der Waals surface area contributed by atoms with Crippen molar-refractivity contribution in [1.29, 1.82) is 0 Å². The molecule has 0 fully saturated rings. The molecular formula is C28H20F2N4O. The van der Waals surface area contributed by atoms with Crippen molar-refractivity contribution >= 4 is 45.2 Å². The molecule has 0 bridgehead atoms. The number of amides is 1. The Bertz CT molecular complexity index is 1520. The lowest BCUT2D eigenvalue weighted by Gasteiger charge is -2.13. The van der Waals surface area contributed by atoms with E-state index >= 15 is 0 Å². The zero-order valence-electron chi connectivity index (χ0n) is 18.4. The van der Waals surface area contributed by atoms with Crippen molar-refractivity contribution in [2.75, 3.05) is 16.0 Å². The van der Waals surface area contributed by atoms with Crippen molar-refractivity contribution in [3.63, 3.8) is 0 Å². The zero-order valence-corrected chi connectivity index (χ0v) is 18.4. The van der Waals surface area contributed by atoms with E-state index in [0.717, 1.165) is 11.4 Å². The number of hydrogen-bond acceptors (Lipinski definition) is 4. The molecule has 0 saturated carbocycles. The van der Waals surface area contributed by atoms with E-state index in [9.17, 15) is 13.6 Å². The fourth-order valence-corrected chi connectivity index (χ4v) is 3.72. The molecule has 1 heterocycles. The molecule has 3 N–H and O–H groups in total. The van der Waals surface area contributed by atoms with Gasteiger partial charge >= 0.3 is 0 Å². The Labute approximate surface area is 200 Å². The lowest BCUT2D eigenvalue weighted by atomic mass is 10.1. The highest BCUT2D eigenvalue weighted by molar-refractivity contribution is 6.05. The number of pyridine rings is 1. The number of halogens is 2. The Balaban J connectivity index is 1.36. The first kappa shape index (κ1) is 22.0. The first-order valence-corrected chi connectivity index (χ1v) is 10.9. The molecule has 5 rings (SSSR count). The molecule has 0 saturated heterocycles. The first-order chi connectivity index (χ1) is 17.0. The largest absolute Gasteiger partial charge is 0.355 e. The fraction of sp³-hybridized carbons (Fsp3) is 0. The Morgan fingerprint density at radius 2 is 1.46 bits per heavy atom. The van der Waals surface area contributed by atoms with Crippen molar-refractivity contribution < 1.29 is 13.6 Å². The van der Waals surface area contributed by atoms with Crippen LogP contribution in [0.1, 0.15) is 10.4 Å². The molecule has 0 radical (unpaired) electrons. The van der Waals surface area contributed by atoms with E-state index in [1.54, 1.807) is 36.5 Å². The molecule has 0 aliphatic carbocycles. The van der Waals surface area contributed by atoms with Gasteiger partial charge in [0.1, 0.15) is 11.6 Å². The molecule has 5 nitrogen and oxygen atoms in total. The summed E-state index contributed by atoms with van der Waals surface area (Å²) < 4.78 is 28.3. The summed E-state index contributed by atoms with van der Waals surface area (Å²) in [5, 5.41) is 9.71. The molecule has 0 unspecified atom stereocenters. The summed E-state index contributed by atoms with van der Waals surface area (Å²) in [5.74, 6) is -1.64. The first-order valence-electron chi connectivity index (χ1n) is 10.9. The van der Waals surface area contributed by atoms with Gasteiger partial charge in [-0.15, -0.1) is 0 Å². The van der Waals surface area contributed by atoms with Gasteiger partial charge in [0.25, 0.3) is 5.91 Å². The minimum Gasteiger partial charge on any atom is -0.355 e. The smallest absolute Gasteiger partial charge is 0.258 e. The second-order valence-corrected chi connectivity index (χ2v) is 7.87. The van der Waals surface area contributed by atoms with Crippen molar-refractivity contribution in [3.8, 4) is 0 Å². The number of carbonyl (C=O) groups is 1. The second-order valence-electron chi connectivity index (χ2n) is 7.87. The Morgan fingerprint density at radius 3 is 2.31 bits per heavy atom. The minimum absolute atomic E-state index is 0.124. The van der Waals surface area contributed by atoms with Crippen LogP contribution in [-0.2, 0) is 0 Å². The summed E-state index contributed by atoms with van der Waals surface area (Å²) >= 11 is 0. The summed E-state index contributed by atoms with van der Waals surface area (Å²) in [5.41, 5.74) is 3.76. The van der Waals surface area contributed by atoms with Gasteiger partial charge in [-0.25, -0.2) is 8.78 Å². The van der Waals surface area contributed by atoms with E-state index < -0.39 is 17.5 Å². The van der Waals surface area contributed by atoms with Gasteiger partial charge in [-0.05, 0) is 72.8 Å². The van der Waals surface area contributed by atoms with E-state index in [4.69, 9.17) is 0 Å². The van der Waals surface area contributed by atoms with Crippen LogP contribution in [0.2, 0.25) is 0 Å². The van der Waals surface area contributed by atoms with Gasteiger partial charge in [-0.1, -0.05) is 24.3 Å². The third kappa shape index (κ3) is 5.09. The topological polar surface area (TPSA) is 66.1 Å². The Morgan fingerprint density at radius 1 is 0.686 bits per heavy atom. The maximum absolute atomic E-state index is 14.6. The second kappa shape index (κ2) is 9.61. The summed E-state index contributed by atoms with van der Waals surface area (Å²) in [6, 6.07) is 26.9. The SMILES string of the molecule is O=C(Nc1cccc(Nc2ccccc2)c1)c1cc(Nc2ccnc3ccc(F)cc23)ccc1F. The molecule has 35 heavy (non-hydrogen) atoms. The molecular weight excluding hydrogens is 446 g/mol. The van der Waals surface area contributed by atoms with Crippen molar-refractivity contribution in [2.24, 2.45) is 0 Å². The highest BCUT2D eigenvalue weighted by Gasteiger charge is 2.14. The number of aromatic nitrogens is 1. The van der Waals surface area contributed by atoms with Crippen LogP contribution >= 0.6 is 0 Å². The normalized spacial score (nSPS) is 10.7. The van der Waals surface area contributed by atoms with Crippen LogP contribution in [-0.4, -0.2) is 10.9 Å². The monoisotopic (exact) mass is 466 g/mol.